The second-order valence-electron chi connectivity index (χ2n) is 4.05. The lowest BCUT2D eigenvalue weighted by molar-refractivity contribution is 0.526. The predicted molar refractivity (Wildman–Crippen MR) is 58.3 cm³/mol. The maximum atomic E-state index is 6.10. The molecule has 1 aromatic heterocycles. The number of aromatic nitrogens is 3. The molecule has 15 heavy (non-hydrogen) atoms. The minimum absolute atomic E-state index is 0.217. The molecule has 0 aliphatic heterocycles. The monoisotopic (exact) mass is 207 g/mol. The molecule has 1 aliphatic rings. The molecule has 1 aliphatic carbocycles. The van der Waals surface area contributed by atoms with Crippen LogP contribution in [0.3, 0.4) is 0 Å². The van der Waals surface area contributed by atoms with Crippen LogP contribution in [-0.2, 0) is 0 Å². The van der Waals surface area contributed by atoms with Gasteiger partial charge in [-0.15, -0.1) is 10.2 Å². The third-order valence-electron chi connectivity index (χ3n) is 2.88. The third-order valence-corrected chi connectivity index (χ3v) is 2.88. The van der Waals surface area contributed by atoms with Crippen molar-refractivity contribution < 1.29 is 0 Å². The Morgan fingerprint density at radius 3 is 2.93 bits per heavy atom. The highest BCUT2D eigenvalue weighted by Gasteiger charge is 2.20. The van der Waals surface area contributed by atoms with Gasteiger partial charge in [-0.25, -0.2) is 4.98 Å². The fourth-order valence-electron chi connectivity index (χ4n) is 2.02. The number of anilines is 1. The summed E-state index contributed by atoms with van der Waals surface area (Å²) in [5.74, 6) is 0.722. The van der Waals surface area contributed by atoms with E-state index in [9.17, 15) is 0 Å². The smallest absolute Gasteiger partial charge is 0.167 e. The molecule has 5 heteroatoms. The van der Waals surface area contributed by atoms with Crippen LogP contribution in [0.15, 0.2) is 12.5 Å². The first-order valence-corrected chi connectivity index (χ1v) is 5.51. The van der Waals surface area contributed by atoms with Crippen molar-refractivity contribution >= 4 is 5.82 Å². The first kappa shape index (κ1) is 10.3. The van der Waals surface area contributed by atoms with E-state index in [1.165, 1.54) is 25.6 Å². The number of nitrogens with two attached hydrogens (primary N) is 1. The van der Waals surface area contributed by atoms with E-state index in [1.54, 1.807) is 6.20 Å². The fraction of sp³-hybridized carbons (Fsp3) is 0.700. The van der Waals surface area contributed by atoms with Gasteiger partial charge in [0.1, 0.15) is 6.33 Å². The van der Waals surface area contributed by atoms with Gasteiger partial charge in [0.05, 0.1) is 6.20 Å². The summed E-state index contributed by atoms with van der Waals surface area (Å²) in [6, 6.07) is 0.528. The van der Waals surface area contributed by atoms with E-state index in [4.69, 9.17) is 5.73 Å². The summed E-state index contributed by atoms with van der Waals surface area (Å²) in [7, 11) is 0. The van der Waals surface area contributed by atoms with E-state index >= 15 is 0 Å². The summed E-state index contributed by atoms with van der Waals surface area (Å²) in [6.07, 6.45) is 9.06. The Bertz CT molecular complexity index is 289. The Balaban J connectivity index is 1.97. The first-order chi connectivity index (χ1) is 7.36. The number of nitrogens with zero attached hydrogens (tertiary/aromatic N) is 3. The predicted octanol–water partition coefficient (Wildman–Crippen LogP) is 0.943. The molecule has 1 saturated carbocycles. The number of rotatable bonds is 2. The van der Waals surface area contributed by atoms with E-state index < -0.39 is 0 Å². The topological polar surface area (TPSA) is 76.7 Å². The van der Waals surface area contributed by atoms with Gasteiger partial charge in [0, 0.05) is 12.1 Å². The lowest BCUT2D eigenvalue weighted by Gasteiger charge is -2.22. The second-order valence-corrected chi connectivity index (χ2v) is 4.05. The molecule has 1 aromatic rings. The number of hydrogen-bond acceptors (Lipinski definition) is 5. The molecule has 2 unspecified atom stereocenters. The Kier molecular flexibility index (Phi) is 3.45. The SMILES string of the molecule is NC1CCCCCC1Nc1cncnn1. The lowest BCUT2D eigenvalue weighted by atomic mass is 10.0. The van der Waals surface area contributed by atoms with Gasteiger partial charge in [-0.05, 0) is 12.8 Å². The molecule has 2 rings (SSSR count). The van der Waals surface area contributed by atoms with Crippen molar-refractivity contribution in [2.45, 2.75) is 44.2 Å². The van der Waals surface area contributed by atoms with Crippen molar-refractivity contribution in [3.8, 4) is 0 Å². The van der Waals surface area contributed by atoms with Crippen LogP contribution in [0.1, 0.15) is 32.1 Å². The fourth-order valence-corrected chi connectivity index (χ4v) is 2.02. The van der Waals surface area contributed by atoms with Gasteiger partial charge in [-0.2, -0.15) is 0 Å². The van der Waals surface area contributed by atoms with E-state index in [-0.39, 0.29) is 6.04 Å². The van der Waals surface area contributed by atoms with Crippen LogP contribution >= 0.6 is 0 Å². The first-order valence-electron chi connectivity index (χ1n) is 5.51. The highest BCUT2D eigenvalue weighted by molar-refractivity contribution is 5.30. The maximum Gasteiger partial charge on any atom is 0.167 e. The van der Waals surface area contributed by atoms with Crippen molar-refractivity contribution in [3.05, 3.63) is 12.5 Å². The van der Waals surface area contributed by atoms with Crippen LogP contribution in [0.4, 0.5) is 5.82 Å². The molecule has 82 valence electrons. The van der Waals surface area contributed by atoms with Gasteiger partial charge in [0.25, 0.3) is 0 Å². The van der Waals surface area contributed by atoms with Crippen LogP contribution < -0.4 is 11.1 Å². The molecule has 0 saturated heterocycles. The van der Waals surface area contributed by atoms with Crippen LogP contribution in [0, 0.1) is 0 Å². The van der Waals surface area contributed by atoms with E-state index in [2.05, 4.69) is 20.5 Å². The Hall–Kier alpha value is -1.23. The molecule has 0 amide bonds. The Morgan fingerprint density at radius 1 is 1.27 bits per heavy atom. The lowest BCUT2D eigenvalue weighted by Crippen LogP contribution is -2.39. The van der Waals surface area contributed by atoms with Gasteiger partial charge < -0.3 is 11.1 Å². The highest BCUT2D eigenvalue weighted by atomic mass is 15.2. The summed E-state index contributed by atoms with van der Waals surface area (Å²) in [5, 5.41) is 11.0. The van der Waals surface area contributed by atoms with Gasteiger partial charge in [0.2, 0.25) is 0 Å². The summed E-state index contributed by atoms with van der Waals surface area (Å²) in [4.78, 5) is 3.92. The Morgan fingerprint density at radius 2 is 2.13 bits per heavy atom. The van der Waals surface area contributed by atoms with Gasteiger partial charge in [-0.3, -0.25) is 0 Å². The molecule has 3 N–H and O–H groups in total. The molecule has 0 spiro atoms. The van der Waals surface area contributed by atoms with Crippen molar-refractivity contribution in [3.63, 3.8) is 0 Å². The quantitative estimate of drug-likeness (QED) is 0.706. The van der Waals surface area contributed by atoms with E-state index in [0.29, 0.717) is 6.04 Å². The third kappa shape index (κ3) is 2.86. The van der Waals surface area contributed by atoms with Crippen molar-refractivity contribution in [1.29, 1.82) is 0 Å². The molecule has 5 nitrogen and oxygen atoms in total. The minimum Gasteiger partial charge on any atom is -0.363 e. The van der Waals surface area contributed by atoms with Crippen LogP contribution in [0.2, 0.25) is 0 Å². The average Bonchev–Trinajstić information content (AvgIpc) is 2.46. The van der Waals surface area contributed by atoms with Crippen molar-refractivity contribution in [2.75, 3.05) is 5.32 Å². The molecule has 0 radical (unpaired) electrons. The number of hydrogen-bond donors (Lipinski definition) is 2. The van der Waals surface area contributed by atoms with Gasteiger partial charge in [0.15, 0.2) is 5.82 Å². The van der Waals surface area contributed by atoms with E-state index in [0.717, 1.165) is 18.7 Å². The van der Waals surface area contributed by atoms with E-state index in [1.807, 2.05) is 0 Å². The average molecular weight is 207 g/mol. The van der Waals surface area contributed by atoms with Crippen LogP contribution in [0.5, 0.6) is 0 Å². The van der Waals surface area contributed by atoms with Crippen LogP contribution in [-0.4, -0.2) is 27.3 Å². The molecule has 1 fully saturated rings. The van der Waals surface area contributed by atoms with Crippen molar-refractivity contribution in [2.24, 2.45) is 5.73 Å². The van der Waals surface area contributed by atoms with Crippen LogP contribution in [0.25, 0.3) is 0 Å². The standard InChI is InChI=1S/C10H17N5/c11-8-4-2-1-3-5-9(8)14-10-6-12-7-13-15-10/h6-9H,1-5,11H2,(H,14,15). The van der Waals surface area contributed by atoms with Crippen molar-refractivity contribution in [1.82, 2.24) is 15.2 Å². The molecule has 2 atom stereocenters. The zero-order valence-electron chi connectivity index (χ0n) is 8.76. The summed E-state index contributed by atoms with van der Waals surface area (Å²) in [5.41, 5.74) is 6.10. The largest absolute Gasteiger partial charge is 0.363 e. The maximum absolute atomic E-state index is 6.10. The summed E-state index contributed by atoms with van der Waals surface area (Å²) in [6.45, 7) is 0. The summed E-state index contributed by atoms with van der Waals surface area (Å²) < 4.78 is 0. The second kappa shape index (κ2) is 5.02. The minimum atomic E-state index is 0.217. The Labute approximate surface area is 89.5 Å². The molecular weight excluding hydrogens is 190 g/mol. The number of nitrogens with one attached hydrogen (secondary N) is 1. The highest BCUT2D eigenvalue weighted by Crippen LogP contribution is 2.19. The normalized spacial score (nSPS) is 27.0. The molecule has 0 aromatic carbocycles. The summed E-state index contributed by atoms with van der Waals surface area (Å²) >= 11 is 0. The zero-order valence-corrected chi connectivity index (χ0v) is 8.76. The molecule has 0 bridgehead atoms. The molecular formula is C10H17N5. The molecule has 1 heterocycles. The van der Waals surface area contributed by atoms with Gasteiger partial charge >= 0.3 is 0 Å². The van der Waals surface area contributed by atoms with Gasteiger partial charge in [-0.1, -0.05) is 19.3 Å². The zero-order chi connectivity index (χ0) is 10.5.